The third-order valence-electron chi connectivity index (χ3n) is 5.13. The highest BCUT2D eigenvalue weighted by molar-refractivity contribution is 6.51. The second kappa shape index (κ2) is 7.69. The SMILES string of the molecule is Cc1ccc(N2C(=O)C(=O)C(=C(O)c3ccccc3)[C@@H]2c2ccc(O)cc2)cc1Cl. The zero-order chi connectivity index (χ0) is 21.4. The molecule has 1 aliphatic heterocycles. The number of ketones is 1. The van der Waals surface area contributed by atoms with Gasteiger partial charge in [0.25, 0.3) is 11.7 Å². The van der Waals surface area contributed by atoms with Gasteiger partial charge in [-0.15, -0.1) is 0 Å². The molecule has 0 aromatic heterocycles. The van der Waals surface area contributed by atoms with E-state index < -0.39 is 17.7 Å². The number of benzene rings is 3. The molecule has 30 heavy (non-hydrogen) atoms. The van der Waals surface area contributed by atoms with Crippen LogP contribution in [0.15, 0.2) is 78.4 Å². The number of Topliss-reactive ketones (excluding diaryl/α,β-unsaturated/α-hetero) is 1. The Bertz CT molecular complexity index is 1170. The highest BCUT2D eigenvalue weighted by Gasteiger charge is 2.47. The molecular formula is C24H18ClNO4. The minimum absolute atomic E-state index is 0.0198. The zero-order valence-electron chi connectivity index (χ0n) is 16.0. The van der Waals surface area contributed by atoms with E-state index >= 15 is 0 Å². The van der Waals surface area contributed by atoms with Crippen molar-refractivity contribution in [2.75, 3.05) is 4.90 Å². The lowest BCUT2D eigenvalue weighted by atomic mass is 9.95. The monoisotopic (exact) mass is 419 g/mol. The number of aromatic hydroxyl groups is 1. The summed E-state index contributed by atoms with van der Waals surface area (Å²) in [6.07, 6.45) is 0. The highest BCUT2D eigenvalue weighted by atomic mass is 35.5. The minimum atomic E-state index is -0.871. The van der Waals surface area contributed by atoms with Gasteiger partial charge in [-0.3, -0.25) is 14.5 Å². The third-order valence-corrected chi connectivity index (χ3v) is 5.54. The Hall–Kier alpha value is -3.57. The van der Waals surface area contributed by atoms with Crippen LogP contribution >= 0.6 is 11.6 Å². The van der Waals surface area contributed by atoms with Crippen molar-refractivity contribution in [1.29, 1.82) is 0 Å². The maximum absolute atomic E-state index is 13.0. The number of phenolic OH excluding ortho intramolecular Hbond substituents is 1. The first-order chi connectivity index (χ1) is 14.4. The van der Waals surface area contributed by atoms with Gasteiger partial charge in [-0.1, -0.05) is 60.1 Å². The Labute approximate surface area is 178 Å². The van der Waals surface area contributed by atoms with Crippen LogP contribution in [-0.2, 0) is 9.59 Å². The van der Waals surface area contributed by atoms with Crippen molar-refractivity contribution in [3.63, 3.8) is 0 Å². The largest absolute Gasteiger partial charge is 0.508 e. The number of anilines is 1. The first-order valence-electron chi connectivity index (χ1n) is 9.30. The van der Waals surface area contributed by atoms with Crippen LogP contribution in [0.1, 0.15) is 22.7 Å². The molecule has 5 nitrogen and oxygen atoms in total. The number of aliphatic hydroxyl groups excluding tert-OH is 1. The lowest BCUT2D eigenvalue weighted by Crippen LogP contribution is -2.29. The number of halogens is 1. The minimum Gasteiger partial charge on any atom is -0.508 e. The number of rotatable bonds is 3. The fourth-order valence-corrected chi connectivity index (χ4v) is 3.73. The number of nitrogens with zero attached hydrogens (tertiary/aromatic N) is 1. The van der Waals surface area contributed by atoms with Crippen molar-refractivity contribution in [2.24, 2.45) is 0 Å². The van der Waals surface area contributed by atoms with Gasteiger partial charge in [0, 0.05) is 16.3 Å². The van der Waals surface area contributed by atoms with Crippen LogP contribution in [0.3, 0.4) is 0 Å². The molecule has 3 aromatic carbocycles. The first kappa shape index (κ1) is 19.7. The molecule has 0 radical (unpaired) electrons. The summed E-state index contributed by atoms with van der Waals surface area (Å²) in [5.41, 5.74) is 2.26. The van der Waals surface area contributed by atoms with E-state index in [2.05, 4.69) is 0 Å². The van der Waals surface area contributed by atoms with E-state index in [4.69, 9.17) is 11.6 Å². The fourth-order valence-electron chi connectivity index (χ4n) is 3.55. The predicted octanol–water partition coefficient (Wildman–Crippen LogP) is 4.98. The summed E-state index contributed by atoms with van der Waals surface area (Å²) in [5.74, 6) is -1.75. The molecule has 1 fully saturated rings. The van der Waals surface area contributed by atoms with Gasteiger partial charge in [0.1, 0.15) is 11.5 Å². The van der Waals surface area contributed by atoms with Crippen molar-refractivity contribution < 1.29 is 19.8 Å². The molecule has 0 unspecified atom stereocenters. The van der Waals surface area contributed by atoms with Gasteiger partial charge >= 0.3 is 0 Å². The normalized spacial score (nSPS) is 18.1. The number of aliphatic hydroxyl groups is 1. The summed E-state index contributed by atoms with van der Waals surface area (Å²) in [4.78, 5) is 27.4. The molecular weight excluding hydrogens is 402 g/mol. The van der Waals surface area contributed by atoms with Gasteiger partial charge in [0.05, 0.1) is 11.6 Å². The molecule has 0 saturated carbocycles. The summed E-state index contributed by atoms with van der Waals surface area (Å²) in [7, 11) is 0. The van der Waals surface area contributed by atoms with E-state index in [0.29, 0.717) is 21.8 Å². The van der Waals surface area contributed by atoms with Crippen LogP contribution in [0.25, 0.3) is 5.76 Å². The van der Waals surface area contributed by atoms with Gasteiger partial charge in [-0.25, -0.2) is 0 Å². The van der Waals surface area contributed by atoms with Crippen molar-refractivity contribution in [1.82, 2.24) is 0 Å². The van der Waals surface area contributed by atoms with Crippen molar-refractivity contribution in [3.8, 4) is 5.75 Å². The smallest absolute Gasteiger partial charge is 0.300 e. The molecule has 0 aliphatic carbocycles. The molecule has 6 heteroatoms. The fraction of sp³-hybridized carbons (Fsp3) is 0.0833. The molecule has 1 atom stereocenters. The maximum atomic E-state index is 13.0. The molecule has 1 amide bonds. The van der Waals surface area contributed by atoms with E-state index in [-0.39, 0.29) is 17.1 Å². The van der Waals surface area contributed by atoms with E-state index in [9.17, 15) is 19.8 Å². The Morgan fingerprint density at radius 1 is 0.967 bits per heavy atom. The lowest BCUT2D eigenvalue weighted by molar-refractivity contribution is -0.132. The van der Waals surface area contributed by atoms with Crippen LogP contribution < -0.4 is 4.90 Å². The van der Waals surface area contributed by atoms with Crippen LogP contribution in [0.5, 0.6) is 5.75 Å². The predicted molar refractivity (Wildman–Crippen MR) is 116 cm³/mol. The summed E-state index contributed by atoms with van der Waals surface area (Å²) < 4.78 is 0. The molecule has 150 valence electrons. The number of amides is 1. The first-order valence-corrected chi connectivity index (χ1v) is 9.68. The Balaban J connectivity index is 1.95. The van der Waals surface area contributed by atoms with Crippen LogP contribution in [0.4, 0.5) is 5.69 Å². The average molecular weight is 420 g/mol. The molecule has 1 heterocycles. The van der Waals surface area contributed by atoms with Gasteiger partial charge in [-0.2, -0.15) is 0 Å². The van der Waals surface area contributed by atoms with Crippen molar-refractivity contribution in [2.45, 2.75) is 13.0 Å². The molecule has 1 aliphatic rings. The Morgan fingerprint density at radius 2 is 1.63 bits per heavy atom. The summed E-state index contributed by atoms with van der Waals surface area (Å²) in [6.45, 7) is 1.84. The number of carbonyl (C=O) groups excluding carboxylic acids is 2. The Kier molecular flexibility index (Phi) is 5.06. The van der Waals surface area contributed by atoms with E-state index in [1.54, 1.807) is 60.7 Å². The van der Waals surface area contributed by atoms with Gasteiger partial charge < -0.3 is 10.2 Å². The van der Waals surface area contributed by atoms with E-state index in [1.165, 1.54) is 17.0 Å². The van der Waals surface area contributed by atoms with E-state index in [0.717, 1.165) is 5.56 Å². The summed E-state index contributed by atoms with van der Waals surface area (Å²) in [5, 5.41) is 21.1. The van der Waals surface area contributed by atoms with Crippen LogP contribution in [-0.4, -0.2) is 21.9 Å². The number of phenols is 1. The maximum Gasteiger partial charge on any atom is 0.300 e. The van der Waals surface area contributed by atoms with Crippen molar-refractivity contribution >= 4 is 34.7 Å². The molecule has 1 saturated heterocycles. The molecule has 0 spiro atoms. The van der Waals surface area contributed by atoms with Crippen LogP contribution in [0, 0.1) is 6.92 Å². The number of carbonyl (C=O) groups is 2. The second-order valence-corrected chi connectivity index (χ2v) is 7.47. The molecule has 3 aromatic rings. The second-order valence-electron chi connectivity index (χ2n) is 7.06. The van der Waals surface area contributed by atoms with Crippen LogP contribution in [0.2, 0.25) is 5.02 Å². The van der Waals surface area contributed by atoms with Gasteiger partial charge in [0.2, 0.25) is 0 Å². The van der Waals surface area contributed by atoms with E-state index in [1.807, 2.05) is 6.92 Å². The summed E-state index contributed by atoms with van der Waals surface area (Å²) >= 11 is 6.27. The average Bonchev–Trinajstić information content (AvgIpc) is 3.01. The number of hydrogen-bond acceptors (Lipinski definition) is 4. The van der Waals surface area contributed by atoms with Crippen molar-refractivity contribution in [3.05, 3.63) is 100 Å². The number of aryl methyl sites for hydroxylation is 1. The Morgan fingerprint density at radius 3 is 2.27 bits per heavy atom. The van der Waals surface area contributed by atoms with Gasteiger partial charge in [0.15, 0.2) is 0 Å². The number of hydrogen-bond donors (Lipinski definition) is 2. The molecule has 0 bridgehead atoms. The van der Waals surface area contributed by atoms with Gasteiger partial charge in [-0.05, 0) is 42.3 Å². The standard InChI is InChI=1S/C24H18ClNO4/c1-14-7-10-17(13-19(14)25)26-21(15-8-11-18(27)12-9-15)20(23(29)24(26)30)22(28)16-5-3-2-4-6-16/h2-13,21,27-28H,1H3/t21-/m0/s1. The molecule has 4 rings (SSSR count). The lowest BCUT2D eigenvalue weighted by Gasteiger charge is -2.26. The molecule has 2 N–H and O–H groups in total. The highest BCUT2D eigenvalue weighted by Crippen LogP contribution is 2.43. The zero-order valence-corrected chi connectivity index (χ0v) is 16.8. The summed E-state index contributed by atoms with van der Waals surface area (Å²) in [6, 6.07) is 19.0. The quantitative estimate of drug-likeness (QED) is 0.356. The topological polar surface area (TPSA) is 77.8 Å². The third kappa shape index (κ3) is 3.33.